The van der Waals surface area contributed by atoms with Crippen LogP contribution in [-0.2, 0) is 26.5 Å². The van der Waals surface area contributed by atoms with E-state index in [9.17, 15) is 19.8 Å². The molecule has 192 valence electrons. The zero-order valence-electron chi connectivity index (χ0n) is 21.3. The maximum absolute atomic E-state index is 14.4. The fourth-order valence-electron chi connectivity index (χ4n) is 6.63. The fourth-order valence-corrected chi connectivity index (χ4v) is 6.63. The lowest BCUT2D eigenvalue weighted by Crippen LogP contribution is -2.46. The summed E-state index contributed by atoms with van der Waals surface area (Å²) in [5.74, 6) is -0.786. The molecule has 7 nitrogen and oxygen atoms in total. The third-order valence-corrected chi connectivity index (χ3v) is 8.20. The van der Waals surface area contributed by atoms with E-state index in [-0.39, 0.29) is 30.3 Å². The zero-order valence-corrected chi connectivity index (χ0v) is 21.3. The first-order valence-corrected chi connectivity index (χ1v) is 13.0. The summed E-state index contributed by atoms with van der Waals surface area (Å²) in [7, 11) is 0. The molecule has 0 radical (unpaired) electrons. The van der Waals surface area contributed by atoms with Crippen LogP contribution >= 0.6 is 0 Å². The summed E-state index contributed by atoms with van der Waals surface area (Å²) >= 11 is 0. The maximum atomic E-state index is 14.4. The van der Waals surface area contributed by atoms with Gasteiger partial charge in [-0.05, 0) is 56.9 Å². The van der Waals surface area contributed by atoms with E-state index in [1.165, 1.54) is 0 Å². The van der Waals surface area contributed by atoms with Gasteiger partial charge in [-0.2, -0.15) is 0 Å². The third kappa shape index (κ3) is 3.94. The van der Waals surface area contributed by atoms with Gasteiger partial charge in [0.15, 0.2) is 5.60 Å². The predicted octanol–water partition coefficient (Wildman–Crippen LogP) is 3.75. The molecule has 2 aromatic rings. The van der Waals surface area contributed by atoms with E-state index >= 15 is 0 Å². The number of ether oxygens (including phenoxy) is 1. The second kappa shape index (κ2) is 9.29. The molecule has 0 aliphatic carbocycles. The molecule has 0 unspecified atom stereocenters. The van der Waals surface area contributed by atoms with Crippen LogP contribution < -0.4 is 9.80 Å². The van der Waals surface area contributed by atoms with Crippen LogP contribution in [0.25, 0.3) is 0 Å². The highest BCUT2D eigenvalue weighted by molar-refractivity contribution is 6.08. The zero-order chi connectivity index (χ0) is 25.7. The summed E-state index contributed by atoms with van der Waals surface area (Å²) < 4.78 is 6.66. The monoisotopic (exact) mass is 492 g/mol. The van der Waals surface area contributed by atoms with E-state index in [1.807, 2.05) is 55.5 Å². The Morgan fingerprint density at radius 2 is 1.86 bits per heavy atom. The number of carbonyl (C=O) groups excluding carboxylic acids is 2. The lowest BCUT2D eigenvalue weighted by atomic mass is 9.71. The van der Waals surface area contributed by atoms with Gasteiger partial charge in [-0.25, -0.2) is 0 Å². The molecule has 2 amide bonds. The number of amides is 2. The van der Waals surface area contributed by atoms with Crippen LogP contribution in [0, 0.1) is 11.8 Å². The Balaban J connectivity index is 1.64. The summed E-state index contributed by atoms with van der Waals surface area (Å²) in [6.07, 6.45) is 2.20. The molecular formula is C29H36N2O5. The molecule has 0 bridgehead atoms. The van der Waals surface area contributed by atoms with Gasteiger partial charge in [0.25, 0.3) is 5.91 Å². The van der Waals surface area contributed by atoms with Crippen molar-refractivity contribution in [3.63, 3.8) is 0 Å². The number of piperidine rings is 1. The Morgan fingerprint density at radius 3 is 2.53 bits per heavy atom. The largest absolute Gasteiger partial charge is 0.396 e. The summed E-state index contributed by atoms with van der Waals surface area (Å²) in [6, 6.07) is 15.6. The van der Waals surface area contributed by atoms with Gasteiger partial charge in [0.1, 0.15) is 0 Å². The van der Waals surface area contributed by atoms with Crippen molar-refractivity contribution in [3.8, 4) is 0 Å². The molecule has 2 N–H and O–H groups in total. The first-order valence-electron chi connectivity index (χ1n) is 13.0. The van der Waals surface area contributed by atoms with Gasteiger partial charge in [0.2, 0.25) is 5.91 Å². The maximum Gasteiger partial charge on any atom is 0.264 e. The van der Waals surface area contributed by atoms with E-state index in [4.69, 9.17) is 4.74 Å². The molecule has 3 aliphatic heterocycles. The molecule has 0 aromatic heterocycles. The number of benzene rings is 2. The Labute approximate surface area is 212 Å². The second-order valence-electron chi connectivity index (χ2n) is 11.0. The normalized spacial score (nSPS) is 28.3. The molecule has 5 rings (SSSR count). The molecule has 36 heavy (non-hydrogen) atoms. The average Bonchev–Trinajstić information content (AvgIpc) is 3.27. The molecule has 7 heteroatoms. The van der Waals surface area contributed by atoms with Crippen molar-refractivity contribution in [3.05, 3.63) is 59.7 Å². The van der Waals surface area contributed by atoms with Gasteiger partial charge >= 0.3 is 0 Å². The van der Waals surface area contributed by atoms with Gasteiger partial charge in [-0.15, -0.1) is 0 Å². The second-order valence-corrected chi connectivity index (χ2v) is 11.0. The molecule has 3 aliphatic rings. The molecule has 2 saturated heterocycles. The molecular weight excluding hydrogens is 456 g/mol. The van der Waals surface area contributed by atoms with E-state index < -0.39 is 17.3 Å². The number of hydrogen-bond donors (Lipinski definition) is 2. The van der Waals surface area contributed by atoms with E-state index in [1.54, 1.807) is 23.6 Å². The Kier molecular flexibility index (Phi) is 6.43. The summed E-state index contributed by atoms with van der Waals surface area (Å²) in [4.78, 5) is 30.6. The average molecular weight is 493 g/mol. The van der Waals surface area contributed by atoms with Crippen LogP contribution in [0.1, 0.15) is 57.6 Å². The molecule has 0 saturated carbocycles. The number of aliphatic hydroxyl groups excluding tert-OH is 1. The summed E-state index contributed by atoms with van der Waals surface area (Å²) in [6.45, 7) is 6.40. The van der Waals surface area contributed by atoms with Crippen LogP contribution in [-0.4, -0.2) is 46.9 Å². The molecule has 4 atom stereocenters. The number of anilines is 2. The van der Waals surface area contributed by atoms with Crippen molar-refractivity contribution in [2.24, 2.45) is 11.8 Å². The predicted molar refractivity (Wildman–Crippen MR) is 137 cm³/mol. The SMILES string of the molecule is C[C@@H]1[C@@H](C(C)(C)O)[C@H](CCO)O[C@@]12C(=O)N(Cc1ccccc1)c1ccc(N3CCCCC3=O)cc12. The standard InChI is InChI=1S/C29H36N2O5/c1-19-26(28(2,3)35)24(14-16-32)36-29(19)22-17-21(30-15-8-7-11-25(30)33)12-13-23(22)31(27(29)34)18-20-9-5-4-6-10-20/h4-6,9-10,12-13,17,19,24,26,32,35H,7-8,11,14-16,18H2,1-3H3/t19-,24+,26-,29+/m1/s1. The van der Waals surface area contributed by atoms with Crippen molar-refractivity contribution in [1.82, 2.24) is 0 Å². The van der Waals surface area contributed by atoms with Crippen molar-refractivity contribution in [1.29, 1.82) is 0 Å². The number of fused-ring (bicyclic) bond motifs is 2. The van der Waals surface area contributed by atoms with Crippen molar-refractivity contribution in [2.45, 2.75) is 70.3 Å². The molecule has 1 spiro atoms. The topological polar surface area (TPSA) is 90.3 Å². The number of carbonyl (C=O) groups is 2. The van der Waals surface area contributed by atoms with Gasteiger partial charge in [0, 0.05) is 42.7 Å². The Hall–Kier alpha value is -2.74. The van der Waals surface area contributed by atoms with Crippen molar-refractivity contribution < 1.29 is 24.5 Å². The Bertz CT molecular complexity index is 1140. The van der Waals surface area contributed by atoms with E-state index in [0.29, 0.717) is 25.9 Å². The van der Waals surface area contributed by atoms with Crippen LogP contribution in [0.5, 0.6) is 0 Å². The van der Waals surface area contributed by atoms with Crippen LogP contribution in [0.4, 0.5) is 11.4 Å². The van der Waals surface area contributed by atoms with Crippen LogP contribution in [0.2, 0.25) is 0 Å². The first-order chi connectivity index (χ1) is 17.2. The molecule has 2 fully saturated rings. The summed E-state index contributed by atoms with van der Waals surface area (Å²) in [5, 5.41) is 20.9. The van der Waals surface area contributed by atoms with Crippen LogP contribution in [0.3, 0.4) is 0 Å². The highest BCUT2D eigenvalue weighted by Gasteiger charge is 2.65. The first kappa shape index (κ1) is 24.9. The minimum Gasteiger partial charge on any atom is -0.396 e. The van der Waals surface area contributed by atoms with Gasteiger partial charge in [-0.3, -0.25) is 9.59 Å². The quantitative estimate of drug-likeness (QED) is 0.641. The van der Waals surface area contributed by atoms with Gasteiger partial charge in [0.05, 0.1) is 23.9 Å². The lowest BCUT2D eigenvalue weighted by Gasteiger charge is -2.34. The highest BCUT2D eigenvalue weighted by atomic mass is 16.5. The minimum absolute atomic E-state index is 0.0913. The summed E-state index contributed by atoms with van der Waals surface area (Å²) in [5.41, 5.74) is 0.860. The van der Waals surface area contributed by atoms with Gasteiger partial charge < -0.3 is 24.7 Å². The third-order valence-electron chi connectivity index (χ3n) is 8.20. The number of hydrogen-bond acceptors (Lipinski definition) is 5. The number of aliphatic hydroxyl groups is 2. The molecule has 2 aromatic carbocycles. The minimum atomic E-state index is -1.30. The lowest BCUT2D eigenvalue weighted by molar-refractivity contribution is -0.146. The fraction of sp³-hybridized carbons (Fsp3) is 0.517. The van der Waals surface area contributed by atoms with E-state index in [2.05, 4.69) is 0 Å². The van der Waals surface area contributed by atoms with Crippen molar-refractivity contribution >= 4 is 23.2 Å². The van der Waals surface area contributed by atoms with Crippen molar-refractivity contribution in [2.75, 3.05) is 23.0 Å². The Morgan fingerprint density at radius 1 is 1.11 bits per heavy atom. The number of rotatable bonds is 6. The molecule has 3 heterocycles. The van der Waals surface area contributed by atoms with E-state index in [0.717, 1.165) is 35.3 Å². The smallest absolute Gasteiger partial charge is 0.264 e. The number of nitrogens with zero attached hydrogens (tertiary/aromatic N) is 2. The highest BCUT2D eigenvalue weighted by Crippen LogP contribution is 2.58. The van der Waals surface area contributed by atoms with Crippen LogP contribution in [0.15, 0.2) is 48.5 Å². The van der Waals surface area contributed by atoms with Gasteiger partial charge in [-0.1, -0.05) is 37.3 Å².